The van der Waals surface area contributed by atoms with E-state index in [0.29, 0.717) is 5.82 Å². The summed E-state index contributed by atoms with van der Waals surface area (Å²) in [5, 5.41) is 0. The molecule has 2 nitrogen and oxygen atoms in total. The molecule has 0 atom stereocenters. The van der Waals surface area contributed by atoms with Gasteiger partial charge in [0, 0.05) is 12.6 Å². The van der Waals surface area contributed by atoms with Crippen molar-refractivity contribution in [3.63, 3.8) is 0 Å². The number of hydrogen-bond donors (Lipinski definition) is 0. The first-order chi connectivity index (χ1) is 4.39. The Kier molecular flexibility index (Phi) is 2.64. The van der Waals surface area contributed by atoms with Crippen LogP contribution < -0.4 is 0 Å². The lowest BCUT2D eigenvalue weighted by Crippen LogP contribution is -2.36. The van der Waals surface area contributed by atoms with Crippen LogP contribution in [0.15, 0.2) is 17.4 Å². The van der Waals surface area contributed by atoms with Crippen LogP contribution in [0.4, 0.5) is 0 Å². The Labute approximate surface area is 63.3 Å². The molecule has 58 valence electrons. The highest BCUT2D eigenvalue weighted by molar-refractivity contribution is 5.27. The molecule has 0 saturated heterocycles. The van der Waals surface area contributed by atoms with E-state index in [1.807, 2.05) is 11.9 Å². The number of nitrogens with zero attached hydrogens (tertiary/aromatic N) is 2. The van der Waals surface area contributed by atoms with E-state index in [1.54, 1.807) is 0 Å². The standard InChI is InChI=1S/C8H16N2/c1-7(9-5)10(6)8(2,3)4/h1,5H2,2-4,6H3. The lowest BCUT2D eigenvalue weighted by atomic mass is 10.1. The lowest BCUT2D eigenvalue weighted by molar-refractivity contribution is 0.227. The number of rotatable bonds is 2. The molecule has 0 amide bonds. The third-order valence-corrected chi connectivity index (χ3v) is 1.58. The van der Waals surface area contributed by atoms with Crippen molar-refractivity contribution in [1.82, 2.24) is 4.90 Å². The first kappa shape index (κ1) is 9.21. The van der Waals surface area contributed by atoms with Crippen molar-refractivity contribution >= 4 is 6.72 Å². The van der Waals surface area contributed by atoms with Gasteiger partial charge in [0.05, 0.1) is 0 Å². The molecule has 0 aromatic carbocycles. The fraction of sp³-hybridized carbons (Fsp3) is 0.625. The first-order valence-electron chi connectivity index (χ1n) is 3.29. The Hall–Kier alpha value is -0.790. The number of hydrogen-bond acceptors (Lipinski definition) is 2. The minimum absolute atomic E-state index is 0.0816. The predicted octanol–water partition coefficient (Wildman–Crippen LogP) is 1.89. The van der Waals surface area contributed by atoms with Crippen molar-refractivity contribution in [3.05, 3.63) is 12.4 Å². The largest absolute Gasteiger partial charge is 0.355 e. The molecule has 0 heterocycles. The van der Waals surface area contributed by atoms with Crippen molar-refractivity contribution in [2.75, 3.05) is 7.05 Å². The van der Waals surface area contributed by atoms with Gasteiger partial charge in [-0.3, -0.25) is 0 Å². The monoisotopic (exact) mass is 140 g/mol. The highest BCUT2D eigenvalue weighted by atomic mass is 15.2. The summed E-state index contributed by atoms with van der Waals surface area (Å²) in [7, 11) is 1.96. The molecule has 0 aromatic heterocycles. The highest BCUT2D eigenvalue weighted by Crippen LogP contribution is 2.15. The predicted molar refractivity (Wildman–Crippen MR) is 46.2 cm³/mol. The summed E-state index contributed by atoms with van der Waals surface area (Å²) >= 11 is 0. The van der Waals surface area contributed by atoms with Crippen LogP contribution in [0.2, 0.25) is 0 Å². The topological polar surface area (TPSA) is 15.6 Å². The third kappa shape index (κ3) is 2.21. The molecule has 0 unspecified atom stereocenters. The van der Waals surface area contributed by atoms with Crippen LogP contribution in [0.3, 0.4) is 0 Å². The summed E-state index contributed by atoms with van der Waals surface area (Å²) in [5.74, 6) is 0.715. The molecule has 0 aliphatic carbocycles. The van der Waals surface area contributed by atoms with E-state index < -0.39 is 0 Å². The maximum atomic E-state index is 3.74. The van der Waals surface area contributed by atoms with Gasteiger partial charge < -0.3 is 4.90 Å². The van der Waals surface area contributed by atoms with Crippen LogP contribution in [0.25, 0.3) is 0 Å². The summed E-state index contributed by atoms with van der Waals surface area (Å²) in [6.45, 7) is 13.4. The van der Waals surface area contributed by atoms with Crippen molar-refractivity contribution in [2.45, 2.75) is 26.3 Å². The zero-order valence-corrected chi connectivity index (χ0v) is 7.31. The van der Waals surface area contributed by atoms with Gasteiger partial charge in [-0.25, -0.2) is 4.99 Å². The fourth-order valence-electron chi connectivity index (χ4n) is 0.493. The SMILES string of the molecule is C=NC(=C)N(C)C(C)(C)C. The van der Waals surface area contributed by atoms with Crippen LogP contribution >= 0.6 is 0 Å². The van der Waals surface area contributed by atoms with E-state index in [4.69, 9.17) is 0 Å². The average molecular weight is 140 g/mol. The molecule has 0 rings (SSSR count). The second-order valence-corrected chi connectivity index (χ2v) is 3.30. The van der Waals surface area contributed by atoms with Crippen LogP contribution in [0.1, 0.15) is 20.8 Å². The van der Waals surface area contributed by atoms with Gasteiger partial charge >= 0.3 is 0 Å². The summed E-state index contributed by atoms with van der Waals surface area (Å²) in [6, 6.07) is 0. The molecule has 0 N–H and O–H groups in total. The van der Waals surface area contributed by atoms with Gasteiger partial charge in [0.25, 0.3) is 0 Å². The Morgan fingerprint density at radius 3 is 1.90 bits per heavy atom. The smallest absolute Gasteiger partial charge is 0.120 e. The van der Waals surface area contributed by atoms with Gasteiger partial charge in [-0.05, 0) is 27.5 Å². The Balaban J connectivity index is 4.21. The third-order valence-electron chi connectivity index (χ3n) is 1.58. The van der Waals surface area contributed by atoms with E-state index in [1.165, 1.54) is 0 Å². The zero-order valence-electron chi connectivity index (χ0n) is 7.31. The van der Waals surface area contributed by atoms with E-state index in [0.717, 1.165) is 0 Å². The summed E-state index contributed by atoms with van der Waals surface area (Å²) < 4.78 is 0. The van der Waals surface area contributed by atoms with E-state index in [9.17, 15) is 0 Å². The van der Waals surface area contributed by atoms with Gasteiger partial charge in [-0.2, -0.15) is 0 Å². The first-order valence-corrected chi connectivity index (χ1v) is 3.29. The minimum atomic E-state index is 0.0816. The molecular weight excluding hydrogens is 124 g/mol. The van der Waals surface area contributed by atoms with Crippen molar-refractivity contribution in [3.8, 4) is 0 Å². The summed E-state index contributed by atoms with van der Waals surface area (Å²) in [6.07, 6.45) is 0. The lowest BCUT2D eigenvalue weighted by Gasteiger charge is -2.33. The zero-order chi connectivity index (χ0) is 8.36. The molecule has 10 heavy (non-hydrogen) atoms. The molecule has 0 saturated carbocycles. The van der Waals surface area contributed by atoms with Crippen molar-refractivity contribution in [1.29, 1.82) is 0 Å². The van der Waals surface area contributed by atoms with Crippen LogP contribution in [0, 0.1) is 0 Å². The Morgan fingerprint density at radius 2 is 1.80 bits per heavy atom. The quantitative estimate of drug-likeness (QED) is 0.535. The Morgan fingerprint density at radius 1 is 1.40 bits per heavy atom. The molecule has 0 fully saturated rings. The van der Waals surface area contributed by atoms with E-state index >= 15 is 0 Å². The minimum Gasteiger partial charge on any atom is -0.355 e. The molecule has 0 aliphatic heterocycles. The molecule has 0 radical (unpaired) electrons. The van der Waals surface area contributed by atoms with Gasteiger partial charge in [0.1, 0.15) is 5.82 Å². The molecule has 2 heteroatoms. The van der Waals surface area contributed by atoms with Crippen LogP contribution in [0.5, 0.6) is 0 Å². The normalized spacial score (nSPS) is 10.8. The molecule has 0 aliphatic rings. The van der Waals surface area contributed by atoms with E-state index in [2.05, 4.69) is 39.1 Å². The second-order valence-electron chi connectivity index (χ2n) is 3.30. The maximum absolute atomic E-state index is 3.74. The molecule has 0 bridgehead atoms. The molecule has 0 aromatic rings. The van der Waals surface area contributed by atoms with Crippen LogP contribution in [-0.4, -0.2) is 24.2 Å². The van der Waals surface area contributed by atoms with Crippen molar-refractivity contribution in [2.24, 2.45) is 4.99 Å². The van der Waals surface area contributed by atoms with Gasteiger partial charge in [-0.1, -0.05) is 6.58 Å². The van der Waals surface area contributed by atoms with Gasteiger partial charge in [0.15, 0.2) is 0 Å². The summed E-state index contributed by atoms with van der Waals surface area (Å²) in [5.41, 5.74) is 0.0816. The average Bonchev–Trinajstić information content (AvgIpc) is 1.83. The second kappa shape index (κ2) is 2.86. The van der Waals surface area contributed by atoms with E-state index in [-0.39, 0.29) is 5.54 Å². The fourth-order valence-corrected chi connectivity index (χ4v) is 0.493. The Bertz CT molecular complexity index is 142. The van der Waals surface area contributed by atoms with Gasteiger partial charge in [0.2, 0.25) is 0 Å². The molecular formula is C8H16N2. The maximum Gasteiger partial charge on any atom is 0.120 e. The van der Waals surface area contributed by atoms with Gasteiger partial charge in [-0.15, -0.1) is 0 Å². The summed E-state index contributed by atoms with van der Waals surface area (Å²) in [4.78, 5) is 5.72. The number of aliphatic imine (C=N–C) groups is 1. The van der Waals surface area contributed by atoms with Crippen LogP contribution in [-0.2, 0) is 0 Å². The van der Waals surface area contributed by atoms with Crippen molar-refractivity contribution < 1.29 is 0 Å². The highest BCUT2D eigenvalue weighted by Gasteiger charge is 2.16. The molecule has 0 spiro atoms.